The lowest BCUT2D eigenvalue weighted by Gasteiger charge is -2.39. The number of hydrogen-bond acceptors (Lipinski definition) is 6. The van der Waals surface area contributed by atoms with Crippen molar-refractivity contribution in [3.05, 3.63) is 113 Å². The average molecular weight is 450 g/mol. The minimum absolute atomic E-state index is 0.215. The first kappa shape index (κ1) is 20.2. The Morgan fingerprint density at radius 2 is 1.74 bits per heavy atom. The molecule has 2 aliphatic rings. The maximum Gasteiger partial charge on any atom is 0.337 e. The van der Waals surface area contributed by atoms with E-state index in [4.69, 9.17) is 9.47 Å². The van der Waals surface area contributed by atoms with Crippen molar-refractivity contribution in [3.8, 4) is 5.75 Å². The monoisotopic (exact) mass is 450 g/mol. The van der Waals surface area contributed by atoms with Crippen LogP contribution in [0.25, 0.3) is 5.70 Å². The van der Waals surface area contributed by atoms with Crippen molar-refractivity contribution < 1.29 is 14.3 Å². The Balaban J connectivity index is 1.56. The third-order valence-electron chi connectivity index (χ3n) is 6.35. The third-order valence-corrected chi connectivity index (χ3v) is 6.35. The molecule has 3 aromatic carbocycles. The normalized spacial score (nSPS) is 18.2. The number of anilines is 1. The Labute approximate surface area is 196 Å². The van der Waals surface area contributed by atoms with Crippen LogP contribution in [0.15, 0.2) is 84.7 Å². The van der Waals surface area contributed by atoms with E-state index in [0.717, 1.165) is 33.7 Å². The summed E-state index contributed by atoms with van der Waals surface area (Å²) in [4.78, 5) is 16.4. The number of rotatable bonds is 3. The second kappa shape index (κ2) is 7.88. The molecule has 1 aromatic heterocycles. The van der Waals surface area contributed by atoms with E-state index in [2.05, 4.69) is 46.6 Å². The fourth-order valence-electron chi connectivity index (χ4n) is 4.67. The average Bonchev–Trinajstić information content (AvgIpc) is 3.35. The zero-order valence-electron chi connectivity index (χ0n) is 18.7. The molecule has 0 radical (unpaired) electrons. The number of methoxy groups -OCH3 is 1. The highest BCUT2D eigenvalue weighted by Crippen LogP contribution is 2.50. The topological polar surface area (TPSA) is 78.3 Å². The van der Waals surface area contributed by atoms with Gasteiger partial charge in [0.05, 0.1) is 18.4 Å². The summed E-state index contributed by atoms with van der Waals surface area (Å²) >= 11 is 0. The highest BCUT2D eigenvalue weighted by Gasteiger charge is 2.40. The van der Waals surface area contributed by atoms with Gasteiger partial charge in [0.2, 0.25) is 5.95 Å². The Hall–Kier alpha value is -4.39. The van der Waals surface area contributed by atoms with Gasteiger partial charge in [0.1, 0.15) is 24.2 Å². The predicted octanol–water partition coefficient (Wildman–Crippen LogP) is 4.93. The minimum Gasteiger partial charge on any atom is -0.480 e. The standard InChI is InChI=1S/C27H22N4O3/c1-16-7-9-17(10-8-16)24-22-23(30-27-28-15-29-31(24)27)20-5-3-4-6-21(20)34-25(22)18-11-13-19(14-12-18)26(32)33-2/h3-15,24-25H,1-2H3,(H,28,29,30)/t24-,25+/m0/s1. The number of carbonyl (C=O) groups is 1. The number of para-hydroxylation sites is 1. The molecule has 3 heterocycles. The number of nitrogens with one attached hydrogen (secondary N) is 1. The van der Waals surface area contributed by atoms with Crippen LogP contribution >= 0.6 is 0 Å². The Morgan fingerprint density at radius 3 is 2.50 bits per heavy atom. The van der Waals surface area contributed by atoms with Gasteiger partial charge >= 0.3 is 5.97 Å². The largest absolute Gasteiger partial charge is 0.480 e. The van der Waals surface area contributed by atoms with Crippen LogP contribution in [0.1, 0.15) is 44.8 Å². The highest BCUT2D eigenvalue weighted by atomic mass is 16.5. The van der Waals surface area contributed by atoms with Gasteiger partial charge in [0.15, 0.2) is 0 Å². The lowest BCUT2D eigenvalue weighted by atomic mass is 9.84. The van der Waals surface area contributed by atoms with E-state index in [-0.39, 0.29) is 12.0 Å². The van der Waals surface area contributed by atoms with E-state index in [0.29, 0.717) is 11.5 Å². The summed E-state index contributed by atoms with van der Waals surface area (Å²) in [5, 5.41) is 8.05. The van der Waals surface area contributed by atoms with Crippen molar-refractivity contribution in [2.45, 2.75) is 19.1 Å². The molecule has 0 aliphatic carbocycles. The molecule has 0 saturated carbocycles. The number of aromatic nitrogens is 3. The minimum atomic E-state index is -0.396. The van der Waals surface area contributed by atoms with Crippen molar-refractivity contribution in [2.24, 2.45) is 0 Å². The lowest BCUT2D eigenvalue weighted by Crippen LogP contribution is -2.32. The van der Waals surface area contributed by atoms with E-state index in [9.17, 15) is 4.79 Å². The highest BCUT2D eigenvalue weighted by molar-refractivity contribution is 5.89. The van der Waals surface area contributed by atoms with Crippen molar-refractivity contribution in [3.63, 3.8) is 0 Å². The van der Waals surface area contributed by atoms with Crippen molar-refractivity contribution in [1.29, 1.82) is 0 Å². The molecule has 7 heteroatoms. The van der Waals surface area contributed by atoms with Crippen LogP contribution in [-0.4, -0.2) is 27.8 Å². The molecule has 6 rings (SSSR count). The van der Waals surface area contributed by atoms with Gasteiger partial charge < -0.3 is 14.8 Å². The van der Waals surface area contributed by atoms with Gasteiger partial charge in [-0.3, -0.25) is 0 Å². The van der Waals surface area contributed by atoms with Crippen molar-refractivity contribution >= 4 is 17.6 Å². The van der Waals surface area contributed by atoms with Crippen LogP contribution < -0.4 is 10.1 Å². The second-order valence-electron chi connectivity index (χ2n) is 8.40. The number of benzene rings is 3. The summed E-state index contributed by atoms with van der Waals surface area (Å²) < 4.78 is 13.4. The van der Waals surface area contributed by atoms with Gasteiger partial charge in [-0.2, -0.15) is 10.1 Å². The molecular formula is C27H22N4O3. The summed E-state index contributed by atoms with van der Waals surface area (Å²) in [6.45, 7) is 2.07. The van der Waals surface area contributed by atoms with Gasteiger partial charge in [0.25, 0.3) is 0 Å². The third kappa shape index (κ3) is 3.16. The number of nitrogens with zero attached hydrogens (tertiary/aromatic N) is 3. The number of hydrogen-bond donors (Lipinski definition) is 1. The van der Waals surface area contributed by atoms with Crippen LogP contribution in [0, 0.1) is 6.92 Å². The Morgan fingerprint density at radius 1 is 1.00 bits per heavy atom. The molecule has 0 fully saturated rings. The number of aryl methyl sites for hydroxylation is 1. The molecule has 34 heavy (non-hydrogen) atoms. The Bertz CT molecular complexity index is 1420. The summed E-state index contributed by atoms with van der Waals surface area (Å²) in [5.41, 5.74) is 6.67. The number of carbonyl (C=O) groups excluding carboxylic acids is 1. The summed E-state index contributed by atoms with van der Waals surface area (Å²) in [6, 6.07) is 23.6. The van der Waals surface area contributed by atoms with E-state index in [1.165, 1.54) is 12.7 Å². The SMILES string of the molecule is COC(=O)c1ccc([C@H]2Oc3ccccc3C3=C2[C@H](c2ccc(C)cc2)n2ncnc2N3)cc1. The molecule has 7 nitrogen and oxygen atoms in total. The maximum absolute atomic E-state index is 12.0. The molecule has 0 saturated heterocycles. The summed E-state index contributed by atoms with van der Waals surface area (Å²) in [6.07, 6.45) is 1.17. The quantitative estimate of drug-likeness (QED) is 0.446. The van der Waals surface area contributed by atoms with Crippen molar-refractivity contribution in [1.82, 2.24) is 14.8 Å². The zero-order chi connectivity index (χ0) is 23.2. The second-order valence-corrected chi connectivity index (χ2v) is 8.40. The van der Waals surface area contributed by atoms with Crippen LogP contribution in [0.3, 0.4) is 0 Å². The van der Waals surface area contributed by atoms with Gasteiger partial charge in [0, 0.05) is 11.1 Å². The molecule has 1 N–H and O–H groups in total. The molecule has 0 amide bonds. The fraction of sp³-hybridized carbons (Fsp3) is 0.148. The predicted molar refractivity (Wildman–Crippen MR) is 127 cm³/mol. The number of esters is 1. The van der Waals surface area contributed by atoms with E-state index in [1.54, 1.807) is 18.5 Å². The van der Waals surface area contributed by atoms with Crippen molar-refractivity contribution in [2.75, 3.05) is 12.4 Å². The van der Waals surface area contributed by atoms with Gasteiger partial charge in [-0.15, -0.1) is 0 Å². The molecule has 0 bridgehead atoms. The molecule has 4 aromatic rings. The zero-order valence-corrected chi connectivity index (χ0v) is 18.7. The van der Waals surface area contributed by atoms with Gasteiger partial charge in [-0.05, 0) is 42.3 Å². The number of ether oxygens (including phenoxy) is 2. The van der Waals surface area contributed by atoms with Crippen LogP contribution in [0.5, 0.6) is 5.75 Å². The lowest BCUT2D eigenvalue weighted by molar-refractivity contribution is 0.0600. The van der Waals surface area contributed by atoms with Crippen LogP contribution in [-0.2, 0) is 4.74 Å². The van der Waals surface area contributed by atoms with Gasteiger partial charge in [-0.25, -0.2) is 9.48 Å². The molecule has 2 aliphatic heterocycles. The fourth-order valence-corrected chi connectivity index (χ4v) is 4.67. The Kier molecular flexibility index (Phi) is 4.69. The summed E-state index contributed by atoms with van der Waals surface area (Å²) in [7, 11) is 1.38. The van der Waals surface area contributed by atoms with E-state index in [1.807, 2.05) is 41.1 Å². The van der Waals surface area contributed by atoms with E-state index >= 15 is 0 Å². The summed E-state index contributed by atoms with van der Waals surface area (Å²) in [5.74, 6) is 1.10. The number of fused-ring (bicyclic) bond motifs is 3. The van der Waals surface area contributed by atoms with Gasteiger partial charge in [-0.1, -0.05) is 54.1 Å². The van der Waals surface area contributed by atoms with Crippen LogP contribution in [0.2, 0.25) is 0 Å². The van der Waals surface area contributed by atoms with E-state index < -0.39 is 6.10 Å². The van der Waals surface area contributed by atoms with Crippen LogP contribution in [0.4, 0.5) is 5.95 Å². The molecule has 0 spiro atoms. The molecule has 168 valence electrons. The first-order valence-corrected chi connectivity index (χ1v) is 11.1. The first-order valence-electron chi connectivity index (χ1n) is 11.1. The first-order chi connectivity index (χ1) is 16.6. The molecule has 0 unspecified atom stereocenters. The maximum atomic E-state index is 12.0. The molecular weight excluding hydrogens is 428 g/mol. The smallest absolute Gasteiger partial charge is 0.337 e. The molecule has 2 atom stereocenters.